The van der Waals surface area contributed by atoms with Gasteiger partial charge in [0, 0.05) is 18.0 Å². The highest BCUT2D eigenvalue weighted by molar-refractivity contribution is 8.00. The third kappa shape index (κ3) is 5.41. The van der Waals surface area contributed by atoms with Gasteiger partial charge in [0.1, 0.15) is 0 Å². The van der Waals surface area contributed by atoms with E-state index in [0.29, 0.717) is 17.0 Å². The lowest BCUT2D eigenvalue weighted by molar-refractivity contribution is -0.137. The van der Waals surface area contributed by atoms with Crippen molar-refractivity contribution in [3.05, 3.63) is 53.1 Å². The molecular formula is C22H25F3N2O2S. The van der Waals surface area contributed by atoms with Crippen molar-refractivity contribution in [1.29, 1.82) is 0 Å². The molecule has 1 heterocycles. The number of carbonyl (C=O) groups is 1. The van der Waals surface area contributed by atoms with Crippen LogP contribution in [0.1, 0.15) is 54.1 Å². The molecule has 1 saturated heterocycles. The number of hydrogen-bond acceptors (Lipinski definition) is 4. The molecule has 0 bridgehead atoms. The molecule has 3 rings (SSSR count). The predicted molar refractivity (Wildman–Crippen MR) is 114 cm³/mol. The van der Waals surface area contributed by atoms with Crippen LogP contribution in [-0.4, -0.2) is 24.2 Å². The number of aryl methyl sites for hydroxylation is 1. The standard InChI is InChI=1S/C22H25F3N2O2S/c1-2-15-7-8-16(21(28)29)13-20(15)30-26-18-14-17(22(23,24)25)9-10-19(18)27-11-5-3-4-6-12-27/h7-10,13-14,26H,2-6,11-12H2,1H3,(H,28,29). The smallest absolute Gasteiger partial charge is 0.416 e. The Labute approximate surface area is 178 Å². The molecule has 4 nitrogen and oxygen atoms in total. The fourth-order valence-electron chi connectivity index (χ4n) is 3.57. The second-order valence-corrected chi connectivity index (χ2v) is 8.16. The van der Waals surface area contributed by atoms with Crippen molar-refractivity contribution in [2.75, 3.05) is 22.7 Å². The average Bonchev–Trinajstić information content (AvgIpc) is 3.00. The van der Waals surface area contributed by atoms with Crippen LogP contribution in [0.5, 0.6) is 0 Å². The first-order valence-electron chi connectivity index (χ1n) is 10.0. The highest BCUT2D eigenvalue weighted by Crippen LogP contribution is 2.38. The van der Waals surface area contributed by atoms with Crippen LogP contribution in [0.3, 0.4) is 0 Å². The second kappa shape index (κ2) is 9.64. The van der Waals surface area contributed by atoms with Gasteiger partial charge >= 0.3 is 12.1 Å². The number of nitrogens with zero attached hydrogens (tertiary/aromatic N) is 1. The van der Waals surface area contributed by atoms with E-state index in [4.69, 9.17) is 0 Å². The van der Waals surface area contributed by atoms with Gasteiger partial charge in [-0.15, -0.1) is 0 Å². The van der Waals surface area contributed by atoms with Gasteiger partial charge in [0.25, 0.3) is 0 Å². The first kappa shape index (κ1) is 22.3. The molecule has 0 aromatic heterocycles. The van der Waals surface area contributed by atoms with Gasteiger partial charge in [-0.3, -0.25) is 0 Å². The van der Waals surface area contributed by atoms with Crippen molar-refractivity contribution in [2.24, 2.45) is 0 Å². The number of anilines is 2. The van der Waals surface area contributed by atoms with Gasteiger partial charge in [-0.05, 0) is 67.1 Å². The summed E-state index contributed by atoms with van der Waals surface area (Å²) in [5, 5.41) is 9.26. The van der Waals surface area contributed by atoms with Crippen LogP contribution in [0.4, 0.5) is 24.5 Å². The van der Waals surface area contributed by atoms with Gasteiger partial charge in [0.05, 0.1) is 22.5 Å². The number of halogens is 3. The lowest BCUT2D eigenvalue weighted by Gasteiger charge is -2.26. The largest absolute Gasteiger partial charge is 0.478 e. The quantitative estimate of drug-likeness (QED) is 0.507. The molecule has 2 N–H and O–H groups in total. The van der Waals surface area contributed by atoms with E-state index in [9.17, 15) is 23.1 Å². The van der Waals surface area contributed by atoms with E-state index in [1.165, 1.54) is 12.1 Å². The normalized spacial score (nSPS) is 15.0. The number of benzene rings is 2. The van der Waals surface area contributed by atoms with Gasteiger partial charge in [0.15, 0.2) is 0 Å². The zero-order chi connectivity index (χ0) is 21.7. The molecule has 0 saturated carbocycles. The summed E-state index contributed by atoms with van der Waals surface area (Å²) in [5.41, 5.74) is 1.50. The zero-order valence-electron chi connectivity index (χ0n) is 16.8. The maximum Gasteiger partial charge on any atom is 0.416 e. The summed E-state index contributed by atoms with van der Waals surface area (Å²) in [7, 11) is 0. The third-order valence-corrected chi connectivity index (χ3v) is 6.16. The lowest BCUT2D eigenvalue weighted by Crippen LogP contribution is -2.24. The molecule has 30 heavy (non-hydrogen) atoms. The monoisotopic (exact) mass is 438 g/mol. The summed E-state index contributed by atoms with van der Waals surface area (Å²) in [5.74, 6) is -1.04. The zero-order valence-corrected chi connectivity index (χ0v) is 17.6. The number of hydrogen-bond donors (Lipinski definition) is 2. The molecular weight excluding hydrogens is 413 g/mol. The van der Waals surface area contributed by atoms with E-state index in [1.807, 2.05) is 6.92 Å². The third-order valence-electron chi connectivity index (χ3n) is 5.24. The van der Waals surface area contributed by atoms with E-state index >= 15 is 0 Å². The highest BCUT2D eigenvalue weighted by atomic mass is 32.2. The molecule has 2 aromatic carbocycles. The second-order valence-electron chi connectivity index (χ2n) is 7.32. The minimum Gasteiger partial charge on any atom is -0.478 e. The Kier molecular flexibility index (Phi) is 7.18. The predicted octanol–water partition coefficient (Wildman–Crippen LogP) is 6.47. The fraction of sp³-hybridized carbons (Fsp3) is 0.409. The van der Waals surface area contributed by atoms with Crippen molar-refractivity contribution >= 4 is 29.3 Å². The maximum atomic E-state index is 13.3. The minimum absolute atomic E-state index is 0.147. The van der Waals surface area contributed by atoms with Crippen LogP contribution < -0.4 is 9.62 Å². The highest BCUT2D eigenvalue weighted by Gasteiger charge is 2.31. The summed E-state index contributed by atoms with van der Waals surface area (Å²) in [6.45, 7) is 3.56. The minimum atomic E-state index is -4.43. The van der Waals surface area contributed by atoms with E-state index < -0.39 is 17.7 Å². The molecule has 0 amide bonds. The molecule has 1 aliphatic heterocycles. The van der Waals surface area contributed by atoms with Crippen LogP contribution in [-0.2, 0) is 12.6 Å². The first-order chi connectivity index (χ1) is 14.3. The van der Waals surface area contributed by atoms with Crippen LogP contribution in [0.2, 0.25) is 0 Å². The van der Waals surface area contributed by atoms with Gasteiger partial charge < -0.3 is 14.7 Å². The lowest BCUT2D eigenvalue weighted by atomic mass is 10.1. The van der Waals surface area contributed by atoms with Crippen molar-refractivity contribution in [2.45, 2.75) is 50.1 Å². The number of carboxylic acid groups (broad SMARTS) is 1. The van der Waals surface area contributed by atoms with E-state index in [-0.39, 0.29) is 5.56 Å². The van der Waals surface area contributed by atoms with E-state index in [2.05, 4.69) is 9.62 Å². The Morgan fingerprint density at radius 3 is 2.40 bits per heavy atom. The molecule has 0 aliphatic carbocycles. The van der Waals surface area contributed by atoms with Crippen LogP contribution in [0, 0.1) is 0 Å². The molecule has 0 unspecified atom stereocenters. The molecule has 1 fully saturated rings. The van der Waals surface area contributed by atoms with Gasteiger partial charge in [-0.25, -0.2) is 4.79 Å². The molecule has 2 aromatic rings. The summed E-state index contributed by atoms with van der Waals surface area (Å²) in [6.07, 6.45) is 0.511. The summed E-state index contributed by atoms with van der Waals surface area (Å²) in [6, 6.07) is 8.63. The number of alkyl halides is 3. The van der Waals surface area contributed by atoms with Crippen LogP contribution in [0.25, 0.3) is 0 Å². The van der Waals surface area contributed by atoms with Crippen LogP contribution in [0.15, 0.2) is 41.3 Å². The van der Waals surface area contributed by atoms with Crippen molar-refractivity contribution in [3.63, 3.8) is 0 Å². The van der Waals surface area contributed by atoms with Crippen LogP contribution >= 0.6 is 11.9 Å². The number of aromatic carboxylic acids is 1. The average molecular weight is 439 g/mol. The molecule has 1 aliphatic rings. The molecule has 0 radical (unpaired) electrons. The number of carboxylic acids is 1. The Morgan fingerprint density at radius 1 is 1.10 bits per heavy atom. The first-order valence-corrected chi connectivity index (χ1v) is 10.9. The number of rotatable bonds is 6. The fourth-order valence-corrected chi connectivity index (χ4v) is 4.48. The Hall–Kier alpha value is -2.35. The molecule has 162 valence electrons. The summed E-state index contributed by atoms with van der Waals surface area (Å²) < 4.78 is 43.0. The van der Waals surface area contributed by atoms with Gasteiger partial charge in [-0.1, -0.05) is 25.8 Å². The molecule has 0 spiro atoms. The molecule has 8 heteroatoms. The Bertz CT molecular complexity index is 894. The summed E-state index contributed by atoms with van der Waals surface area (Å²) >= 11 is 1.15. The number of nitrogens with one attached hydrogen (secondary N) is 1. The Balaban J connectivity index is 1.93. The topological polar surface area (TPSA) is 52.6 Å². The van der Waals surface area contributed by atoms with Crippen molar-refractivity contribution < 1.29 is 23.1 Å². The van der Waals surface area contributed by atoms with E-state index in [0.717, 1.165) is 74.1 Å². The summed E-state index contributed by atoms with van der Waals surface area (Å²) in [4.78, 5) is 14.1. The SMILES string of the molecule is CCc1ccc(C(=O)O)cc1SNc1cc(C(F)(F)F)ccc1N1CCCCCC1. The van der Waals surface area contributed by atoms with Crippen molar-refractivity contribution in [1.82, 2.24) is 0 Å². The maximum absolute atomic E-state index is 13.3. The Morgan fingerprint density at radius 2 is 1.80 bits per heavy atom. The van der Waals surface area contributed by atoms with Gasteiger partial charge in [0.2, 0.25) is 0 Å². The van der Waals surface area contributed by atoms with E-state index in [1.54, 1.807) is 12.1 Å². The van der Waals surface area contributed by atoms with Gasteiger partial charge in [-0.2, -0.15) is 13.2 Å². The molecule has 0 atom stereocenters. The van der Waals surface area contributed by atoms with Crippen molar-refractivity contribution in [3.8, 4) is 0 Å².